The monoisotopic (exact) mass is 773 g/mol. The van der Waals surface area contributed by atoms with Crippen LogP contribution in [0.25, 0.3) is 0 Å². The first-order valence-electron chi connectivity index (χ1n) is 22.9. The topological polar surface area (TPSA) is 70.1 Å². The molecule has 1 saturated heterocycles. The van der Waals surface area contributed by atoms with Crippen LogP contribution in [0.1, 0.15) is 153 Å². The Bertz CT molecular complexity index is 1560. The molecule has 1 heterocycles. The molecule has 0 radical (unpaired) electrons. The number of hydrogen-bond acceptors (Lipinski definition) is 5. The summed E-state index contributed by atoms with van der Waals surface area (Å²) in [6.07, 6.45) is 14.0. The van der Waals surface area contributed by atoms with Crippen LogP contribution in [0.4, 0.5) is 5.69 Å². The molecule has 6 aliphatic rings. The zero-order chi connectivity index (χ0) is 40.9. The van der Waals surface area contributed by atoms with E-state index in [4.69, 9.17) is 4.74 Å². The van der Waals surface area contributed by atoms with E-state index in [1.807, 2.05) is 27.7 Å². The third kappa shape index (κ3) is 7.53. The third-order valence-electron chi connectivity index (χ3n) is 18.1. The van der Waals surface area contributed by atoms with E-state index >= 15 is 0 Å². The van der Waals surface area contributed by atoms with Gasteiger partial charge in [-0.15, -0.1) is 0 Å². The molecule has 56 heavy (non-hydrogen) atoms. The van der Waals surface area contributed by atoms with Crippen LogP contribution in [0.15, 0.2) is 42.5 Å². The van der Waals surface area contributed by atoms with Crippen molar-refractivity contribution in [1.29, 1.82) is 0 Å². The van der Waals surface area contributed by atoms with Crippen molar-refractivity contribution in [2.45, 2.75) is 159 Å². The molecule has 0 spiro atoms. The molecule has 4 unspecified atom stereocenters. The number of anilines is 1. The molecule has 0 bridgehead atoms. The Morgan fingerprint density at radius 2 is 1.50 bits per heavy atom. The normalized spacial score (nSPS) is 39.1. The van der Waals surface area contributed by atoms with Crippen LogP contribution in [0.2, 0.25) is 0 Å². The number of ether oxygens (including phenoxy) is 1. The molecule has 1 aromatic rings. The Kier molecular flexibility index (Phi) is 12.4. The summed E-state index contributed by atoms with van der Waals surface area (Å²) in [6.45, 7) is 33.4. The number of esters is 1. The van der Waals surface area contributed by atoms with E-state index in [-0.39, 0.29) is 35.7 Å². The molecular formula is C50H80N2O4. The van der Waals surface area contributed by atoms with Crippen molar-refractivity contribution in [3.8, 4) is 0 Å². The maximum atomic E-state index is 13.3. The number of piperazine rings is 1. The fraction of sp³-hybridized carbons (Fsp3) is 0.800. The maximum Gasteiger partial charge on any atom is 0.306 e. The van der Waals surface area contributed by atoms with Gasteiger partial charge >= 0.3 is 11.9 Å². The van der Waals surface area contributed by atoms with E-state index in [1.54, 1.807) is 0 Å². The highest BCUT2D eigenvalue weighted by atomic mass is 16.5. The number of nitrogens with zero attached hydrogens (tertiary/aromatic N) is 2. The number of carboxylic acid groups (broad SMARTS) is 1. The number of carbonyl (C=O) groups excluding carboxylic acids is 1. The van der Waals surface area contributed by atoms with E-state index in [1.165, 1.54) is 88.7 Å². The minimum absolute atomic E-state index is 0.0293. The van der Waals surface area contributed by atoms with Crippen LogP contribution in [-0.4, -0.2) is 60.8 Å². The fourth-order valence-electron chi connectivity index (χ4n) is 15.2. The van der Waals surface area contributed by atoms with Crippen molar-refractivity contribution in [3.05, 3.63) is 42.5 Å². The molecule has 1 N–H and O–H groups in total. The van der Waals surface area contributed by atoms with Crippen molar-refractivity contribution in [2.75, 3.05) is 37.6 Å². The first-order chi connectivity index (χ1) is 26.4. The van der Waals surface area contributed by atoms with Crippen molar-refractivity contribution in [2.24, 2.45) is 62.1 Å². The van der Waals surface area contributed by atoms with Gasteiger partial charge in [-0.1, -0.05) is 92.7 Å². The van der Waals surface area contributed by atoms with Crippen LogP contribution in [0.5, 0.6) is 0 Å². The van der Waals surface area contributed by atoms with Crippen LogP contribution >= 0.6 is 0 Å². The molecule has 1 aliphatic heterocycles. The molecule has 0 amide bonds. The lowest BCUT2D eigenvalue weighted by atomic mass is 9.32. The average Bonchev–Trinajstić information content (AvgIpc) is 3.53. The molecule has 1 aromatic carbocycles. The second kappa shape index (κ2) is 16.0. The molecule has 0 aromatic heterocycles. The van der Waals surface area contributed by atoms with Gasteiger partial charge in [0.05, 0.1) is 12.8 Å². The second-order valence-electron chi connectivity index (χ2n) is 21.7. The largest absolute Gasteiger partial charge is 0.481 e. The van der Waals surface area contributed by atoms with Crippen LogP contribution in [0.3, 0.4) is 0 Å². The number of allylic oxidation sites excluding steroid dienone is 1. The van der Waals surface area contributed by atoms with Crippen molar-refractivity contribution < 1.29 is 19.4 Å². The van der Waals surface area contributed by atoms with Gasteiger partial charge in [0.1, 0.15) is 6.10 Å². The predicted molar refractivity (Wildman–Crippen MR) is 231 cm³/mol. The highest BCUT2D eigenvalue weighted by molar-refractivity contribution is 5.73. The zero-order valence-electron chi connectivity index (χ0n) is 37.4. The molecule has 6 nitrogen and oxygen atoms in total. The number of benzene rings is 1. The van der Waals surface area contributed by atoms with E-state index in [9.17, 15) is 14.7 Å². The SMILES string of the molecule is C=C(C)[C@@H]1CC[C@]2(CCN3CCN(c4ccccc4)CC3)CC[C@]3(C)[C@H](CCC4[C@@]5(C)CCC(OC(=O)CC(C)(C)CC(=O)O)C(C)(C)C5CC[C@]43C)C12.CC. The Labute approximate surface area is 342 Å². The molecule has 6 fully saturated rings. The Morgan fingerprint density at radius 1 is 0.821 bits per heavy atom. The fourth-order valence-corrected chi connectivity index (χ4v) is 15.2. The summed E-state index contributed by atoms with van der Waals surface area (Å²) >= 11 is 0. The number of rotatable bonds is 10. The van der Waals surface area contributed by atoms with E-state index < -0.39 is 11.4 Å². The zero-order valence-corrected chi connectivity index (χ0v) is 37.4. The summed E-state index contributed by atoms with van der Waals surface area (Å²) in [5.41, 5.74) is 3.34. The number of hydrogen-bond donors (Lipinski definition) is 1. The van der Waals surface area contributed by atoms with Gasteiger partial charge in [-0.2, -0.15) is 0 Å². The lowest BCUT2D eigenvalue weighted by molar-refractivity contribution is -0.250. The third-order valence-corrected chi connectivity index (χ3v) is 18.1. The second-order valence-corrected chi connectivity index (χ2v) is 21.7. The summed E-state index contributed by atoms with van der Waals surface area (Å²) < 4.78 is 6.32. The molecule has 10 atom stereocenters. The summed E-state index contributed by atoms with van der Waals surface area (Å²) in [7, 11) is 0. The van der Waals surface area contributed by atoms with Crippen LogP contribution in [0, 0.1) is 62.1 Å². The average molecular weight is 773 g/mol. The maximum absolute atomic E-state index is 13.3. The smallest absolute Gasteiger partial charge is 0.306 e. The molecule has 6 heteroatoms. The van der Waals surface area contributed by atoms with E-state index in [2.05, 4.69) is 88.3 Å². The van der Waals surface area contributed by atoms with Crippen molar-refractivity contribution in [1.82, 2.24) is 4.90 Å². The van der Waals surface area contributed by atoms with Gasteiger partial charge < -0.3 is 14.7 Å². The predicted octanol–water partition coefficient (Wildman–Crippen LogP) is 11.7. The Balaban J connectivity index is 0.00000262. The van der Waals surface area contributed by atoms with Crippen LogP contribution < -0.4 is 4.90 Å². The van der Waals surface area contributed by atoms with Gasteiger partial charge in [0.2, 0.25) is 0 Å². The van der Waals surface area contributed by atoms with E-state index in [0.29, 0.717) is 34.0 Å². The number of carbonyl (C=O) groups is 2. The van der Waals surface area contributed by atoms with Crippen molar-refractivity contribution >= 4 is 17.6 Å². The first-order valence-corrected chi connectivity index (χ1v) is 22.9. The van der Waals surface area contributed by atoms with Gasteiger partial charge in [0, 0.05) is 37.3 Å². The van der Waals surface area contributed by atoms with Gasteiger partial charge in [-0.25, -0.2) is 0 Å². The quantitative estimate of drug-likeness (QED) is 0.189. The number of fused-ring (bicyclic) bond motifs is 7. The Morgan fingerprint density at radius 3 is 2.14 bits per heavy atom. The summed E-state index contributed by atoms with van der Waals surface area (Å²) in [5.74, 6) is 2.23. The van der Waals surface area contributed by atoms with Gasteiger partial charge in [0.25, 0.3) is 0 Å². The molecule has 314 valence electrons. The molecule has 7 rings (SSSR count). The summed E-state index contributed by atoms with van der Waals surface area (Å²) in [5, 5.41) is 9.38. The van der Waals surface area contributed by atoms with Crippen molar-refractivity contribution in [3.63, 3.8) is 0 Å². The summed E-state index contributed by atoms with van der Waals surface area (Å²) in [4.78, 5) is 30.1. The van der Waals surface area contributed by atoms with Gasteiger partial charge in [-0.05, 0) is 153 Å². The van der Waals surface area contributed by atoms with E-state index in [0.717, 1.165) is 37.8 Å². The first kappa shape index (κ1) is 43.2. The van der Waals surface area contributed by atoms with Gasteiger partial charge in [0.15, 0.2) is 0 Å². The lowest BCUT2D eigenvalue weighted by Crippen LogP contribution is -2.66. The molecular weight excluding hydrogens is 693 g/mol. The molecule has 5 aliphatic carbocycles. The standard InChI is InChI=1S/C48H74N2O4.C2H6/c1-33(2)35-17-22-48(25-26-49-27-29-50(30-28-49)34-13-11-10-12-14-34)24-23-46(8)36(42(35)48)15-16-38-45(7)20-19-39(44(5,6)37(45)18-21-47(38,46)9)54-41(53)32-43(3,4)31-40(51)52;1-2/h10-14,35-39,42H,1,15-32H2,2-9H3,(H,51,52);1-2H3/t35-,36+,37?,38?,39?,42?,45-,46+,47+,48+;/m0./s1. The molecule has 5 saturated carbocycles. The Hall–Kier alpha value is -2.34. The minimum Gasteiger partial charge on any atom is -0.481 e. The summed E-state index contributed by atoms with van der Waals surface area (Å²) in [6, 6.07) is 11.0. The lowest BCUT2D eigenvalue weighted by Gasteiger charge is -2.73. The minimum atomic E-state index is -0.865. The van der Waals surface area contributed by atoms with Gasteiger partial charge in [-0.3, -0.25) is 14.5 Å². The van der Waals surface area contributed by atoms with Crippen LogP contribution in [-0.2, 0) is 14.3 Å². The highest BCUT2D eigenvalue weighted by Gasteiger charge is 2.71. The number of para-hydroxylation sites is 1. The number of carboxylic acids is 1. The highest BCUT2D eigenvalue weighted by Crippen LogP contribution is 2.78. The number of aliphatic carboxylic acids is 1.